The second-order valence-corrected chi connectivity index (χ2v) is 6.75. The van der Waals surface area contributed by atoms with Crippen LogP contribution in [0.1, 0.15) is 38.1 Å². The molecule has 0 heterocycles. The van der Waals surface area contributed by atoms with Crippen molar-refractivity contribution in [3.63, 3.8) is 0 Å². The summed E-state index contributed by atoms with van der Waals surface area (Å²) >= 11 is 6.49. The quantitative estimate of drug-likeness (QED) is 0.595. The minimum Gasteiger partial charge on any atom is -0.118 e. The summed E-state index contributed by atoms with van der Waals surface area (Å²) in [6.45, 7) is 6.67. The summed E-state index contributed by atoms with van der Waals surface area (Å²) in [5, 5.41) is 0.0878. The molecule has 0 N–H and O–H groups in total. The van der Waals surface area contributed by atoms with Crippen LogP contribution in [0.4, 0.5) is 0 Å². The lowest BCUT2D eigenvalue weighted by atomic mass is 9.88. The second kappa shape index (κ2) is 5.79. The first kappa shape index (κ1) is 14.1. The molecule has 100 valence electrons. The Morgan fingerprint density at radius 1 is 0.842 bits per heavy atom. The van der Waals surface area contributed by atoms with Gasteiger partial charge >= 0.3 is 0 Å². The molecule has 0 amide bonds. The summed E-state index contributed by atoms with van der Waals surface area (Å²) in [7, 11) is 0. The molecule has 0 spiro atoms. The Bertz CT molecular complexity index is 506. The van der Waals surface area contributed by atoms with Crippen LogP contribution in [0.3, 0.4) is 0 Å². The molecule has 1 heteroatoms. The van der Waals surface area contributed by atoms with E-state index in [2.05, 4.69) is 69.3 Å². The molecule has 2 aromatic rings. The van der Waals surface area contributed by atoms with E-state index >= 15 is 0 Å². The van der Waals surface area contributed by atoms with Crippen LogP contribution < -0.4 is 0 Å². The zero-order chi connectivity index (χ0) is 13.9. The van der Waals surface area contributed by atoms with E-state index in [-0.39, 0.29) is 10.8 Å². The van der Waals surface area contributed by atoms with E-state index in [9.17, 15) is 0 Å². The molecule has 0 radical (unpaired) electrons. The number of halogens is 1. The molecule has 0 aliphatic carbocycles. The summed E-state index contributed by atoms with van der Waals surface area (Å²) < 4.78 is 0. The van der Waals surface area contributed by atoms with Crippen molar-refractivity contribution in [1.82, 2.24) is 0 Å². The Morgan fingerprint density at radius 2 is 1.37 bits per heavy atom. The molecule has 0 bridgehead atoms. The molecule has 2 rings (SSSR count). The van der Waals surface area contributed by atoms with E-state index in [1.54, 1.807) is 0 Å². The van der Waals surface area contributed by atoms with Crippen molar-refractivity contribution in [2.45, 2.75) is 32.6 Å². The molecule has 0 aromatic heterocycles. The van der Waals surface area contributed by atoms with E-state index in [1.807, 2.05) is 6.07 Å². The maximum atomic E-state index is 6.49. The highest BCUT2D eigenvalue weighted by Crippen LogP contribution is 2.34. The maximum Gasteiger partial charge on any atom is 0.0590 e. The topological polar surface area (TPSA) is 0 Å². The van der Waals surface area contributed by atoms with Gasteiger partial charge in [-0.1, -0.05) is 75.4 Å². The summed E-state index contributed by atoms with van der Waals surface area (Å²) in [4.78, 5) is 0. The fourth-order valence-electron chi connectivity index (χ4n) is 2.17. The predicted molar refractivity (Wildman–Crippen MR) is 84.5 cm³/mol. The normalized spacial score (nSPS) is 13.3. The van der Waals surface area contributed by atoms with Gasteiger partial charge in [-0.25, -0.2) is 0 Å². The van der Waals surface area contributed by atoms with E-state index < -0.39 is 0 Å². The van der Waals surface area contributed by atoms with Gasteiger partial charge in [-0.05, 0) is 28.5 Å². The van der Waals surface area contributed by atoms with Crippen LogP contribution in [0.2, 0.25) is 0 Å². The van der Waals surface area contributed by atoms with Gasteiger partial charge in [-0.3, -0.25) is 0 Å². The molecule has 0 fully saturated rings. The standard InChI is InChI=1S/C18H21Cl/c1-18(2,3)13-17(19)16-11-9-15(10-12-16)14-7-5-4-6-8-14/h4-12,17H,13H2,1-3H3. The van der Waals surface area contributed by atoms with Gasteiger partial charge in [0, 0.05) is 0 Å². The Kier molecular flexibility index (Phi) is 4.31. The molecule has 0 saturated carbocycles. The van der Waals surface area contributed by atoms with Gasteiger partial charge in [0.2, 0.25) is 0 Å². The minimum atomic E-state index is 0.0878. The van der Waals surface area contributed by atoms with Gasteiger partial charge in [-0.2, -0.15) is 0 Å². The molecule has 1 unspecified atom stereocenters. The van der Waals surface area contributed by atoms with Gasteiger partial charge in [0.15, 0.2) is 0 Å². The third-order valence-corrected chi connectivity index (χ3v) is 3.58. The fourth-order valence-corrected chi connectivity index (χ4v) is 2.78. The Hall–Kier alpha value is -1.27. The van der Waals surface area contributed by atoms with Gasteiger partial charge in [0.25, 0.3) is 0 Å². The number of alkyl halides is 1. The third-order valence-electron chi connectivity index (χ3n) is 3.17. The van der Waals surface area contributed by atoms with Crippen LogP contribution in [0.15, 0.2) is 54.6 Å². The van der Waals surface area contributed by atoms with Crippen molar-refractivity contribution in [3.05, 3.63) is 60.2 Å². The number of benzene rings is 2. The zero-order valence-corrected chi connectivity index (χ0v) is 12.6. The highest BCUT2D eigenvalue weighted by atomic mass is 35.5. The lowest BCUT2D eigenvalue weighted by Crippen LogP contribution is -2.08. The smallest absolute Gasteiger partial charge is 0.0590 e. The Morgan fingerprint density at radius 3 is 1.89 bits per heavy atom. The molecular weight excluding hydrogens is 252 g/mol. The summed E-state index contributed by atoms with van der Waals surface area (Å²) in [5.74, 6) is 0. The lowest BCUT2D eigenvalue weighted by Gasteiger charge is -2.22. The summed E-state index contributed by atoms with van der Waals surface area (Å²) in [6.07, 6.45) is 0.985. The maximum absolute atomic E-state index is 6.49. The van der Waals surface area contributed by atoms with E-state index in [0.717, 1.165) is 6.42 Å². The molecule has 19 heavy (non-hydrogen) atoms. The van der Waals surface area contributed by atoms with Crippen molar-refractivity contribution in [2.75, 3.05) is 0 Å². The third kappa shape index (κ3) is 4.11. The average molecular weight is 273 g/mol. The van der Waals surface area contributed by atoms with Gasteiger partial charge < -0.3 is 0 Å². The second-order valence-electron chi connectivity index (χ2n) is 6.22. The van der Waals surface area contributed by atoms with Crippen LogP contribution in [-0.4, -0.2) is 0 Å². The average Bonchev–Trinajstić information content (AvgIpc) is 2.38. The van der Waals surface area contributed by atoms with Crippen LogP contribution in [0, 0.1) is 5.41 Å². The molecule has 0 aliphatic rings. The molecular formula is C18H21Cl. The fraction of sp³-hybridized carbons (Fsp3) is 0.333. The molecule has 0 nitrogen and oxygen atoms in total. The Labute approximate surface area is 121 Å². The Balaban J connectivity index is 2.15. The van der Waals surface area contributed by atoms with Crippen LogP contribution in [0.5, 0.6) is 0 Å². The summed E-state index contributed by atoms with van der Waals surface area (Å²) in [5.41, 5.74) is 3.95. The minimum absolute atomic E-state index is 0.0878. The van der Waals surface area contributed by atoms with Gasteiger partial charge in [-0.15, -0.1) is 11.6 Å². The predicted octanol–water partition coefficient (Wildman–Crippen LogP) is 6.07. The highest BCUT2D eigenvalue weighted by Gasteiger charge is 2.18. The first-order valence-corrected chi connectivity index (χ1v) is 7.19. The van der Waals surface area contributed by atoms with Crippen LogP contribution in [-0.2, 0) is 0 Å². The molecule has 1 atom stereocenters. The molecule has 0 aliphatic heterocycles. The molecule has 2 aromatic carbocycles. The lowest BCUT2D eigenvalue weighted by molar-refractivity contribution is 0.372. The first-order valence-electron chi connectivity index (χ1n) is 6.75. The van der Waals surface area contributed by atoms with E-state index in [1.165, 1.54) is 16.7 Å². The van der Waals surface area contributed by atoms with Crippen molar-refractivity contribution in [3.8, 4) is 11.1 Å². The summed E-state index contributed by atoms with van der Waals surface area (Å²) in [6, 6.07) is 19.0. The highest BCUT2D eigenvalue weighted by molar-refractivity contribution is 6.20. The van der Waals surface area contributed by atoms with Crippen LogP contribution >= 0.6 is 11.6 Å². The van der Waals surface area contributed by atoms with Crippen molar-refractivity contribution in [1.29, 1.82) is 0 Å². The van der Waals surface area contributed by atoms with Crippen LogP contribution in [0.25, 0.3) is 11.1 Å². The number of rotatable bonds is 3. The first-order chi connectivity index (χ1) is 8.96. The SMILES string of the molecule is CC(C)(C)CC(Cl)c1ccc(-c2ccccc2)cc1. The van der Waals surface area contributed by atoms with E-state index in [4.69, 9.17) is 11.6 Å². The van der Waals surface area contributed by atoms with Crippen molar-refractivity contribution in [2.24, 2.45) is 5.41 Å². The number of hydrogen-bond donors (Lipinski definition) is 0. The van der Waals surface area contributed by atoms with Gasteiger partial charge in [0.1, 0.15) is 0 Å². The molecule has 0 saturated heterocycles. The zero-order valence-electron chi connectivity index (χ0n) is 11.9. The van der Waals surface area contributed by atoms with E-state index in [0.29, 0.717) is 0 Å². The number of hydrogen-bond acceptors (Lipinski definition) is 0. The van der Waals surface area contributed by atoms with Crippen molar-refractivity contribution >= 4 is 11.6 Å². The van der Waals surface area contributed by atoms with Gasteiger partial charge in [0.05, 0.1) is 5.38 Å². The monoisotopic (exact) mass is 272 g/mol. The van der Waals surface area contributed by atoms with Crippen molar-refractivity contribution < 1.29 is 0 Å². The largest absolute Gasteiger partial charge is 0.118 e.